The lowest BCUT2D eigenvalue weighted by atomic mass is 10.1. The molecule has 20 heavy (non-hydrogen) atoms. The second-order valence-corrected chi connectivity index (χ2v) is 4.75. The molecule has 2 rings (SSSR count). The molecule has 0 unspecified atom stereocenters. The summed E-state index contributed by atoms with van der Waals surface area (Å²) in [5.74, 6) is -0.384. The predicted molar refractivity (Wildman–Crippen MR) is 76.6 cm³/mol. The molecule has 0 aromatic heterocycles. The Kier molecular flexibility index (Phi) is 4.20. The van der Waals surface area contributed by atoms with E-state index < -0.39 is 4.92 Å². The number of benzene rings is 2. The fraction of sp³-hybridized carbons (Fsp3) is 0.143. The highest BCUT2D eigenvalue weighted by molar-refractivity contribution is 6.31. The Morgan fingerprint density at radius 3 is 2.65 bits per heavy atom. The molecule has 2 aromatic carbocycles. The molecule has 6 heteroatoms. The van der Waals surface area contributed by atoms with Gasteiger partial charge in [0.2, 0.25) is 0 Å². The predicted octanol–water partition coefficient (Wildman–Crippen LogP) is 4.31. The summed E-state index contributed by atoms with van der Waals surface area (Å²) in [5.41, 5.74) is 2.34. The van der Waals surface area contributed by atoms with Crippen molar-refractivity contribution in [1.29, 1.82) is 0 Å². The summed E-state index contributed by atoms with van der Waals surface area (Å²) in [6, 6.07) is 8.76. The first-order valence-corrected chi connectivity index (χ1v) is 6.28. The molecule has 0 heterocycles. The van der Waals surface area contributed by atoms with Crippen molar-refractivity contribution >= 4 is 23.0 Å². The molecule has 4 nitrogen and oxygen atoms in total. The van der Waals surface area contributed by atoms with Crippen LogP contribution in [0.3, 0.4) is 0 Å². The van der Waals surface area contributed by atoms with Crippen LogP contribution in [-0.2, 0) is 6.54 Å². The Morgan fingerprint density at radius 1 is 1.30 bits per heavy atom. The third-order valence-corrected chi connectivity index (χ3v) is 3.26. The van der Waals surface area contributed by atoms with E-state index in [1.165, 1.54) is 24.3 Å². The highest BCUT2D eigenvalue weighted by Crippen LogP contribution is 2.23. The van der Waals surface area contributed by atoms with Crippen molar-refractivity contribution in [2.45, 2.75) is 13.5 Å². The number of aryl methyl sites for hydroxylation is 1. The molecule has 0 radical (unpaired) electrons. The van der Waals surface area contributed by atoms with Crippen LogP contribution in [0.5, 0.6) is 0 Å². The van der Waals surface area contributed by atoms with Gasteiger partial charge in [-0.3, -0.25) is 10.1 Å². The molecule has 0 spiro atoms. The van der Waals surface area contributed by atoms with E-state index in [9.17, 15) is 14.5 Å². The fourth-order valence-corrected chi connectivity index (χ4v) is 2.05. The summed E-state index contributed by atoms with van der Waals surface area (Å²) < 4.78 is 12.9. The molecular weight excluding hydrogens is 283 g/mol. The third-order valence-electron chi connectivity index (χ3n) is 2.91. The summed E-state index contributed by atoms with van der Waals surface area (Å²) in [6.07, 6.45) is 0. The van der Waals surface area contributed by atoms with Crippen LogP contribution in [0.1, 0.15) is 11.1 Å². The van der Waals surface area contributed by atoms with E-state index in [1.54, 1.807) is 19.1 Å². The molecular formula is C14H12ClFN2O2. The van der Waals surface area contributed by atoms with E-state index in [2.05, 4.69) is 5.32 Å². The van der Waals surface area contributed by atoms with Crippen LogP contribution in [0, 0.1) is 22.9 Å². The van der Waals surface area contributed by atoms with Gasteiger partial charge in [-0.05, 0) is 36.2 Å². The number of nitro groups is 1. The van der Waals surface area contributed by atoms with E-state index in [0.29, 0.717) is 11.6 Å². The van der Waals surface area contributed by atoms with Crippen molar-refractivity contribution in [2.24, 2.45) is 0 Å². The summed E-state index contributed by atoms with van der Waals surface area (Å²) in [5, 5.41) is 14.1. The highest BCUT2D eigenvalue weighted by Gasteiger charge is 2.08. The van der Waals surface area contributed by atoms with Crippen molar-refractivity contribution in [3.8, 4) is 0 Å². The minimum atomic E-state index is -0.437. The first kappa shape index (κ1) is 14.3. The molecule has 104 valence electrons. The number of rotatable bonds is 4. The minimum Gasteiger partial charge on any atom is -0.381 e. The quantitative estimate of drug-likeness (QED) is 0.675. The topological polar surface area (TPSA) is 55.2 Å². The molecule has 0 atom stereocenters. The van der Waals surface area contributed by atoms with E-state index >= 15 is 0 Å². The largest absolute Gasteiger partial charge is 0.381 e. The molecule has 0 saturated heterocycles. The SMILES string of the molecule is Cc1cc([N+](=O)[O-])ccc1NCc1ccc(F)cc1Cl. The lowest BCUT2D eigenvalue weighted by molar-refractivity contribution is -0.384. The van der Waals surface area contributed by atoms with Crippen LogP contribution in [0.25, 0.3) is 0 Å². The molecule has 0 aliphatic heterocycles. The van der Waals surface area contributed by atoms with Gasteiger partial charge in [-0.15, -0.1) is 0 Å². The zero-order chi connectivity index (χ0) is 14.7. The van der Waals surface area contributed by atoms with Gasteiger partial charge in [0.1, 0.15) is 5.82 Å². The van der Waals surface area contributed by atoms with Crippen LogP contribution in [0.2, 0.25) is 5.02 Å². The average molecular weight is 295 g/mol. The van der Waals surface area contributed by atoms with Crippen molar-refractivity contribution in [1.82, 2.24) is 0 Å². The molecule has 0 bridgehead atoms. The van der Waals surface area contributed by atoms with Gasteiger partial charge in [-0.25, -0.2) is 4.39 Å². The van der Waals surface area contributed by atoms with Crippen LogP contribution in [-0.4, -0.2) is 4.92 Å². The van der Waals surface area contributed by atoms with E-state index in [0.717, 1.165) is 16.8 Å². The molecule has 0 aliphatic carbocycles. The molecule has 2 aromatic rings. The molecule has 0 amide bonds. The number of nitrogens with one attached hydrogen (secondary N) is 1. The van der Waals surface area contributed by atoms with Gasteiger partial charge in [0.15, 0.2) is 0 Å². The number of hydrogen-bond acceptors (Lipinski definition) is 3. The Labute approximate surface area is 120 Å². The first-order chi connectivity index (χ1) is 9.47. The maximum absolute atomic E-state index is 12.9. The van der Waals surface area contributed by atoms with Crippen molar-refractivity contribution in [2.75, 3.05) is 5.32 Å². The number of nitro benzene ring substituents is 1. The summed E-state index contributed by atoms with van der Waals surface area (Å²) >= 11 is 5.93. The third kappa shape index (κ3) is 3.24. The van der Waals surface area contributed by atoms with Crippen LogP contribution >= 0.6 is 11.6 Å². The van der Waals surface area contributed by atoms with Crippen LogP contribution < -0.4 is 5.32 Å². The minimum absolute atomic E-state index is 0.0489. The van der Waals surface area contributed by atoms with Gasteiger partial charge in [-0.2, -0.15) is 0 Å². The maximum atomic E-state index is 12.9. The number of non-ortho nitro benzene ring substituents is 1. The molecule has 1 N–H and O–H groups in total. The number of hydrogen-bond donors (Lipinski definition) is 1. The van der Waals surface area contributed by atoms with E-state index in [1.807, 2.05) is 0 Å². The number of nitrogens with zero attached hydrogens (tertiary/aromatic N) is 1. The Morgan fingerprint density at radius 2 is 2.05 bits per heavy atom. The lowest BCUT2D eigenvalue weighted by Crippen LogP contribution is -2.02. The number of halogens is 2. The molecule has 0 fully saturated rings. The zero-order valence-electron chi connectivity index (χ0n) is 10.7. The first-order valence-electron chi connectivity index (χ1n) is 5.90. The Bertz CT molecular complexity index is 662. The van der Waals surface area contributed by atoms with Crippen LogP contribution in [0.4, 0.5) is 15.8 Å². The average Bonchev–Trinajstić information content (AvgIpc) is 2.38. The second-order valence-electron chi connectivity index (χ2n) is 4.35. The molecule has 0 saturated carbocycles. The smallest absolute Gasteiger partial charge is 0.269 e. The van der Waals surface area contributed by atoms with E-state index in [-0.39, 0.29) is 11.5 Å². The van der Waals surface area contributed by atoms with Gasteiger partial charge >= 0.3 is 0 Å². The fourth-order valence-electron chi connectivity index (χ4n) is 1.82. The zero-order valence-corrected chi connectivity index (χ0v) is 11.4. The maximum Gasteiger partial charge on any atom is 0.269 e. The van der Waals surface area contributed by atoms with E-state index in [4.69, 9.17) is 11.6 Å². The standard InChI is InChI=1S/C14H12ClFN2O2/c1-9-6-12(18(19)20)4-5-14(9)17-8-10-2-3-11(16)7-13(10)15/h2-7,17H,8H2,1H3. The summed E-state index contributed by atoms with van der Waals surface area (Å²) in [4.78, 5) is 10.2. The monoisotopic (exact) mass is 294 g/mol. The van der Waals surface area contributed by atoms with Gasteiger partial charge in [-0.1, -0.05) is 17.7 Å². The van der Waals surface area contributed by atoms with Crippen molar-refractivity contribution in [3.05, 3.63) is 68.5 Å². The van der Waals surface area contributed by atoms with Gasteiger partial charge < -0.3 is 5.32 Å². The Hall–Kier alpha value is -2.14. The molecule has 0 aliphatic rings. The van der Waals surface area contributed by atoms with Crippen molar-refractivity contribution in [3.63, 3.8) is 0 Å². The second kappa shape index (κ2) is 5.88. The lowest BCUT2D eigenvalue weighted by Gasteiger charge is -2.10. The number of anilines is 1. The highest BCUT2D eigenvalue weighted by atomic mass is 35.5. The normalized spacial score (nSPS) is 10.3. The van der Waals surface area contributed by atoms with Crippen LogP contribution in [0.15, 0.2) is 36.4 Å². The Balaban J connectivity index is 2.13. The summed E-state index contributed by atoms with van der Waals surface area (Å²) in [6.45, 7) is 2.19. The summed E-state index contributed by atoms with van der Waals surface area (Å²) in [7, 11) is 0. The van der Waals surface area contributed by atoms with Gasteiger partial charge in [0.25, 0.3) is 5.69 Å². The van der Waals surface area contributed by atoms with Crippen molar-refractivity contribution < 1.29 is 9.31 Å². The van der Waals surface area contributed by atoms with Gasteiger partial charge in [0, 0.05) is 29.4 Å². The van der Waals surface area contributed by atoms with Gasteiger partial charge in [0.05, 0.1) is 4.92 Å².